The quantitative estimate of drug-likeness (QED) is 0.353. The summed E-state index contributed by atoms with van der Waals surface area (Å²) in [4.78, 5) is 12.0. The number of aliphatic carboxylic acids is 1. The highest BCUT2D eigenvalue weighted by Gasteiger charge is 2.54. The van der Waals surface area contributed by atoms with Gasteiger partial charge in [-0.05, 0) is 30.7 Å². The molecule has 1 aromatic rings. The molecular formula is C22H34O8. The number of hydrogen-bond acceptors (Lipinski definition) is 7. The molecule has 7 atom stereocenters. The smallest absolute Gasteiger partial charge is 0.364 e. The van der Waals surface area contributed by atoms with Gasteiger partial charge in [-0.2, -0.15) is 0 Å². The van der Waals surface area contributed by atoms with E-state index in [-0.39, 0.29) is 18.9 Å². The van der Waals surface area contributed by atoms with E-state index < -0.39 is 48.7 Å². The van der Waals surface area contributed by atoms with Gasteiger partial charge in [-0.15, -0.1) is 0 Å². The van der Waals surface area contributed by atoms with Crippen LogP contribution in [-0.4, -0.2) is 74.9 Å². The maximum Gasteiger partial charge on any atom is 0.364 e. The molecule has 0 amide bonds. The van der Waals surface area contributed by atoms with Crippen LogP contribution in [0.5, 0.6) is 0 Å². The Bertz CT molecular complexity index is 654. The fourth-order valence-corrected chi connectivity index (χ4v) is 3.68. The Labute approximate surface area is 177 Å². The number of carbonyl (C=O) groups is 1. The predicted molar refractivity (Wildman–Crippen MR) is 109 cm³/mol. The van der Waals surface area contributed by atoms with Crippen molar-refractivity contribution in [2.75, 3.05) is 13.2 Å². The van der Waals surface area contributed by atoms with Gasteiger partial charge in [-0.25, -0.2) is 4.79 Å². The third kappa shape index (κ3) is 6.23. The first-order valence-electron chi connectivity index (χ1n) is 10.4. The Morgan fingerprint density at radius 2 is 1.93 bits per heavy atom. The third-order valence-electron chi connectivity index (χ3n) is 5.89. The van der Waals surface area contributed by atoms with Crippen molar-refractivity contribution >= 4 is 5.97 Å². The number of aliphatic hydroxyl groups is 4. The second-order valence-corrected chi connectivity index (χ2v) is 8.28. The van der Waals surface area contributed by atoms with E-state index in [4.69, 9.17) is 14.6 Å². The van der Waals surface area contributed by atoms with Crippen LogP contribution in [0.1, 0.15) is 38.7 Å². The fourth-order valence-electron chi connectivity index (χ4n) is 3.68. The summed E-state index contributed by atoms with van der Waals surface area (Å²) in [7, 11) is 0. The van der Waals surface area contributed by atoms with Crippen LogP contribution < -0.4 is 0 Å². The lowest BCUT2D eigenvalue weighted by molar-refractivity contribution is -0.318. The zero-order chi connectivity index (χ0) is 22.3. The van der Waals surface area contributed by atoms with E-state index in [1.807, 2.05) is 18.2 Å². The molecule has 0 bridgehead atoms. The van der Waals surface area contributed by atoms with E-state index in [9.17, 15) is 25.2 Å². The zero-order valence-electron chi connectivity index (χ0n) is 17.6. The second kappa shape index (κ2) is 11.2. The first kappa shape index (κ1) is 24.7. The average Bonchev–Trinajstić information content (AvgIpc) is 2.74. The normalized spacial score (nSPS) is 29.9. The van der Waals surface area contributed by atoms with Crippen LogP contribution in [0.4, 0.5) is 0 Å². The summed E-state index contributed by atoms with van der Waals surface area (Å²) < 4.78 is 11.2. The highest BCUT2D eigenvalue weighted by atomic mass is 16.7. The Morgan fingerprint density at radius 3 is 2.53 bits per heavy atom. The summed E-state index contributed by atoms with van der Waals surface area (Å²) in [5.74, 6) is -3.89. The van der Waals surface area contributed by atoms with Gasteiger partial charge in [0.2, 0.25) is 0 Å². The van der Waals surface area contributed by atoms with Crippen molar-refractivity contribution in [3.8, 4) is 0 Å². The van der Waals surface area contributed by atoms with Crippen molar-refractivity contribution < 1.29 is 39.8 Å². The Morgan fingerprint density at radius 1 is 1.27 bits per heavy atom. The van der Waals surface area contributed by atoms with Crippen molar-refractivity contribution in [1.82, 2.24) is 0 Å². The molecule has 5 N–H and O–H groups in total. The average molecular weight is 427 g/mol. The van der Waals surface area contributed by atoms with Gasteiger partial charge in [-0.3, -0.25) is 0 Å². The van der Waals surface area contributed by atoms with Crippen molar-refractivity contribution in [1.29, 1.82) is 0 Å². The molecule has 8 nitrogen and oxygen atoms in total. The summed E-state index contributed by atoms with van der Waals surface area (Å²) in [6, 6.07) is 10.1. The van der Waals surface area contributed by atoms with E-state index >= 15 is 0 Å². The molecule has 1 aromatic carbocycles. The second-order valence-electron chi connectivity index (χ2n) is 8.28. The van der Waals surface area contributed by atoms with Crippen molar-refractivity contribution in [2.24, 2.45) is 11.8 Å². The summed E-state index contributed by atoms with van der Waals surface area (Å²) in [6.45, 7) is 3.03. The number of benzene rings is 1. The lowest BCUT2D eigenvalue weighted by Crippen LogP contribution is -2.61. The highest BCUT2D eigenvalue weighted by Crippen LogP contribution is 2.36. The van der Waals surface area contributed by atoms with Crippen LogP contribution in [0.15, 0.2) is 30.3 Å². The minimum atomic E-state index is -2.12. The van der Waals surface area contributed by atoms with Gasteiger partial charge in [0, 0.05) is 12.3 Å². The van der Waals surface area contributed by atoms with E-state index in [2.05, 4.69) is 19.1 Å². The fraction of sp³-hybridized carbons (Fsp3) is 0.682. The molecule has 8 heteroatoms. The first-order chi connectivity index (χ1) is 14.2. The van der Waals surface area contributed by atoms with Crippen LogP contribution in [0.3, 0.4) is 0 Å². The molecule has 0 spiro atoms. The van der Waals surface area contributed by atoms with Gasteiger partial charge >= 0.3 is 5.97 Å². The number of aryl methyl sites for hydroxylation is 1. The Kier molecular flexibility index (Phi) is 9.21. The van der Waals surface area contributed by atoms with Crippen LogP contribution in [0.25, 0.3) is 0 Å². The van der Waals surface area contributed by atoms with Gasteiger partial charge in [0.05, 0.1) is 25.4 Å². The van der Waals surface area contributed by atoms with E-state index in [1.165, 1.54) is 5.56 Å². The molecule has 0 saturated carbocycles. The van der Waals surface area contributed by atoms with E-state index in [1.54, 1.807) is 6.92 Å². The summed E-state index contributed by atoms with van der Waals surface area (Å²) >= 11 is 0. The van der Waals surface area contributed by atoms with Gasteiger partial charge in [0.15, 0.2) is 0 Å². The molecule has 170 valence electrons. The molecule has 2 rings (SSSR count). The van der Waals surface area contributed by atoms with Gasteiger partial charge in [0.1, 0.15) is 12.2 Å². The maximum atomic E-state index is 12.0. The van der Waals surface area contributed by atoms with Gasteiger partial charge < -0.3 is 35.0 Å². The predicted octanol–water partition coefficient (Wildman–Crippen LogP) is 0.943. The number of hydrogen-bond donors (Lipinski definition) is 5. The summed E-state index contributed by atoms with van der Waals surface area (Å²) in [6.07, 6.45) is -3.27. The number of rotatable bonds is 11. The Hall–Kier alpha value is -1.55. The lowest BCUT2D eigenvalue weighted by Gasteiger charge is -2.45. The van der Waals surface area contributed by atoms with E-state index in [0.29, 0.717) is 6.42 Å². The number of aliphatic hydroxyl groups excluding tert-OH is 4. The van der Waals surface area contributed by atoms with Crippen LogP contribution in [0, 0.1) is 11.8 Å². The van der Waals surface area contributed by atoms with Crippen LogP contribution in [-0.2, 0) is 20.7 Å². The lowest BCUT2D eigenvalue weighted by atomic mass is 9.84. The molecule has 1 aliphatic heterocycles. The molecule has 0 aliphatic carbocycles. The van der Waals surface area contributed by atoms with Crippen molar-refractivity contribution in [2.45, 2.75) is 69.7 Å². The van der Waals surface area contributed by atoms with Crippen molar-refractivity contribution in [3.05, 3.63) is 35.9 Å². The number of ether oxygens (including phenoxy) is 2. The molecule has 1 saturated heterocycles. The van der Waals surface area contributed by atoms with E-state index in [0.717, 1.165) is 12.8 Å². The monoisotopic (exact) mass is 426 g/mol. The van der Waals surface area contributed by atoms with Gasteiger partial charge in [0.25, 0.3) is 5.79 Å². The first-order valence-corrected chi connectivity index (χ1v) is 10.4. The third-order valence-corrected chi connectivity index (χ3v) is 5.89. The molecule has 0 aromatic heterocycles. The zero-order valence-corrected chi connectivity index (χ0v) is 17.6. The minimum Gasteiger partial charge on any atom is -0.477 e. The number of carboxylic acids is 1. The molecule has 30 heavy (non-hydrogen) atoms. The molecule has 1 heterocycles. The van der Waals surface area contributed by atoms with Crippen LogP contribution in [0.2, 0.25) is 0 Å². The molecule has 1 fully saturated rings. The van der Waals surface area contributed by atoms with Crippen LogP contribution >= 0.6 is 0 Å². The molecule has 7 unspecified atom stereocenters. The van der Waals surface area contributed by atoms with Crippen molar-refractivity contribution in [3.63, 3.8) is 0 Å². The molecule has 1 aliphatic rings. The minimum absolute atomic E-state index is 0.106. The summed E-state index contributed by atoms with van der Waals surface area (Å²) in [5.41, 5.74) is 1.24. The highest BCUT2D eigenvalue weighted by molar-refractivity contribution is 5.76. The summed E-state index contributed by atoms with van der Waals surface area (Å²) in [5, 5.41) is 49.2. The molecule has 0 radical (unpaired) electrons. The number of carboxylic acid groups (broad SMARTS) is 1. The topological polar surface area (TPSA) is 137 Å². The van der Waals surface area contributed by atoms with Gasteiger partial charge in [-0.1, -0.05) is 44.2 Å². The standard InChI is InChI=1S/C22H34O8/c1-14(8-9-16-6-4-3-5-7-16)10-11-29-22(21(27)28)12-17(24)15(2)20(30-22)19(26)18(25)13-23/h3-7,14-15,17-20,23-26H,8-13H2,1-2H3,(H,27,28). The molecular weight excluding hydrogens is 392 g/mol. The SMILES string of the molecule is CC(CCOC1(C(=O)O)CC(O)C(C)C(C(O)C(O)CO)O1)CCc1ccccc1. The largest absolute Gasteiger partial charge is 0.477 e. The Balaban J connectivity index is 1.96. The maximum absolute atomic E-state index is 12.0.